The van der Waals surface area contributed by atoms with Gasteiger partial charge in [0.05, 0.1) is 17.1 Å². The van der Waals surface area contributed by atoms with Gasteiger partial charge in [-0.1, -0.05) is 18.2 Å². The lowest BCUT2D eigenvalue weighted by atomic mass is 9.49. The fourth-order valence-electron chi connectivity index (χ4n) is 7.65. The van der Waals surface area contributed by atoms with Gasteiger partial charge >= 0.3 is 0 Å². The zero-order chi connectivity index (χ0) is 23.5. The molecule has 5 aliphatic rings. The van der Waals surface area contributed by atoms with E-state index in [0.29, 0.717) is 35.8 Å². The summed E-state index contributed by atoms with van der Waals surface area (Å²) in [6, 6.07) is 7.05. The van der Waals surface area contributed by atoms with Gasteiger partial charge in [0.15, 0.2) is 0 Å². The summed E-state index contributed by atoms with van der Waals surface area (Å²) in [7, 11) is -3.62. The summed E-state index contributed by atoms with van der Waals surface area (Å²) in [5.41, 5.74) is 2.43. The molecule has 0 radical (unpaired) electrons. The highest BCUT2D eigenvalue weighted by molar-refractivity contribution is 7.89. The van der Waals surface area contributed by atoms with E-state index in [-0.39, 0.29) is 17.9 Å². The number of amides is 1. The molecule has 4 aliphatic carbocycles. The molecule has 0 unspecified atom stereocenters. The van der Waals surface area contributed by atoms with Gasteiger partial charge in [-0.2, -0.15) is 4.31 Å². The van der Waals surface area contributed by atoms with Crippen LogP contribution in [0.4, 0.5) is 5.82 Å². The molecule has 1 aromatic carbocycles. The van der Waals surface area contributed by atoms with Crippen LogP contribution in [0.1, 0.15) is 61.8 Å². The summed E-state index contributed by atoms with van der Waals surface area (Å²) in [5.74, 6) is 3.02. The fraction of sp³-hybridized carbons (Fsp3) is 0.577. The van der Waals surface area contributed by atoms with Crippen LogP contribution < -0.4 is 5.32 Å². The number of aryl methyl sites for hydroxylation is 1. The van der Waals surface area contributed by atoms with Gasteiger partial charge in [-0.25, -0.2) is 18.4 Å². The minimum atomic E-state index is -3.62. The van der Waals surface area contributed by atoms with Crippen molar-refractivity contribution in [2.24, 2.45) is 23.2 Å². The topological polar surface area (TPSA) is 92.3 Å². The van der Waals surface area contributed by atoms with Crippen molar-refractivity contribution in [3.8, 4) is 0 Å². The summed E-state index contributed by atoms with van der Waals surface area (Å²) in [6.07, 6.45) is 10.2. The number of aromatic nitrogens is 2. The molecule has 8 heteroatoms. The van der Waals surface area contributed by atoms with Crippen LogP contribution in [0.3, 0.4) is 0 Å². The van der Waals surface area contributed by atoms with E-state index in [1.165, 1.54) is 49.2 Å². The van der Waals surface area contributed by atoms with Gasteiger partial charge in [0.25, 0.3) is 0 Å². The van der Waals surface area contributed by atoms with Crippen molar-refractivity contribution in [1.29, 1.82) is 0 Å². The Kier molecular flexibility index (Phi) is 5.30. The third kappa shape index (κ3) is 3.85. The Balaban J connectivity index is 1.18. The summed E-state index contributed by atoms with van der Waals surface area (Å²) in [5, 5.41) is 3.08. The quantitative estimate of drug-likeness (QED) is 0.696. The zero-order valence-corrected chi connectivity index (χ0v) is 20.5. The van der Waals surface area contributed by atoms with Gasteiger partial charge in [-0.3, -0.25) is 4.79 Å². The molecule has 4 saturated carbocycles. The molecule has 1 aromatic heterocycles. The summed E-state index contributed by atoms with van der Waals surface area (Å²) in [6.45, 7) is 2.34. The van der Waals surface area contributed by atoms with E-state index in [4.69, 9.17) is 0 Å². The highest BCUT2D eigenvalue weighted by Crippen LogP contribution is 2.61. The number of nitrogens with zero attached hydrogens (tertiary/aromatic N) is 3. The number of fused-ring (bicyclic) bond motifs is 1. The van der Waals surface area contributed by atoms with Crippen molar-refractivity contribution in [3.63, 3.8) is 0 Å². The van der Waals surface area contributed by atoms with E-state index in [9.17, 15) is 13.2 Å². The molecule has 34 heavy (non-hydrogen) atoms. The number of sulfonamides is 1. The van der Waals surface area contributed by atoms with E-state index in [2.05, 4.69) is 15.3 Å². The molecular formula is C26H32N4O3S. The van der Waals surface area contributed by atoms with E-state index in [0.717, 1.165) is 28.9 Å². The van der Waals surface area contributed by atoms with Gasteiger partial charge in [-0.05, 0) is 86.7 Å². The monoisotopic (exact) mass is 480 g/mol. The van der Waals surface area contributed by atoms with Crippen LogP contribution in [-0.2, 0) is 27.8 Å². The standard InChI is InChI=1S/C26H32N4O3S/c1-17-4-2-3-5-23(17)34(32,33)30-7-6-21-22(15-30)27-16-28-25(21)29-24(31)14-26-11-18-8-19(12-26)10-20(9-18)13-26/h2-5,16,18-20H,6-15H2,1H3,(H,27,28,29,31). The first-order valence-electron chi connectivity index (χ1n) is 12.5. The predicted molar refractivity (Wildman–Crippen MR) is 128 cm³/mol. The Morgan fingerprint density at radius 3 is 2.44 bits per heavy atom. The average molecular weight is 481 g/mol. The van der Waals surface area contributed by atoms with Crippen LogP contribution in [0.2, 0.25) is 0 Å². The van der Waals surface area contributed by atoms with Crippen molar-refractivity contribution in [1.82, 2.24) is 14.3 Å². The molecule has 0 spiro atoms. The molecule has 2 aromatic rings. The lowest BCUT2D eigenvalue weighted by Gasteiger charge is -2.56. The molecular weight excluding hydrogens is 448 g/mol. The first kappa shape index (κ1) is 22.2. The van der Waals surface area contributed by atoms with Crippen molar-refractivity contribution < 1.29 is 13.2 Å². The number of carbonyl (C=O) groups excluding carboxylic acids is 1. The number of carbonyl (C=O) groups is 1. The average Bonchev–Trinajstić information content (AvgIpc) is 2.78. The Morgan fingerprint density at radius 1 is 1.09 bits per heavy atom. The van der Waals surface area contributed by atoms with Crippen molar-refractivity contribution in [3.05, 3.63) is 47.4 Å². The molecule has 0 saturated heterocycles. The molecule has 1 N–H and O–H groups in total. The molecule has 4 bridgehead atoms. The van der Waals surface area contributed by atoms with Crippen molar-refractivity contribution >= 4 is 21.7 Å². The molecule has 2 heterocycles. The minimum absolute atomic E-state index is 0.0396. The second kappa shape index (κ2) is 8.12. The molecule has 7 nitrogen and oxygen atoms in total. The first-order chi connectivity index (χ1) is 16.3. The number of anilines is 1. The van der Waals surface area contributed by atoms with Crippen LogP contribution in [0.25, 0.3) is 0 Å². The largest absolute Gasteiger partial charge is 0.310 e. The van der Waals surface area contributed by atoms with E-state index in [1.54, 1.807) is 12.1 Å². The zero-order valence-electron chi connectivity index (χ0n) is 19.7. The Morgan fingerprint density at radius 2 is 1.76 bits per heavy atom. The molecule has 1 amide bonds. The predicted octanol–water partition coefficient (Wildman–Crippen LogP) is 4.08. The third-order valence-corrected chi connectivity index (χ3v) is 10.6. The highest BCUT2D eigenvalue weighted by atomic mass is 32.2. The SMILES string of the molecule is Cc1ccccc1S(=O)(=O)N1CCc2c(ncnc2NC(=O)CC23CC4CC(CC(C4)C2)C3)C1. The lowest BCUT2D eigenvalue weighted by molar-refractivity contribution is -0.124. The summed E-state index contributed by atoms with van der Waals surface area (Å²) in [4.78, 5) is 22.2. The smallest absolute Gasteiger partial charge is 0.243 e. The van der Waals surface area contributed by atoms with Gasteiger partial charge in [0.2, 0.25) is 15.9 Å². The van der Waals surface area contributed by atoms with Gasteiger partial charge in [0, 0.05) is 18.5 Å². The van der Waals surface area contributed by atoms with Crippen LogP contribution >= 0.6 is 0 Å². The van der Waals surface area contributed by atoms with Crippen LogP contribution in [0, 0.1) is 30.1 Å². The number of benzene rings is 1. The summed E-state index contributed by atoms with van der Waals surface area (Å²) < 4.78 is 28.0. The van der Waals surface area contributed by atoms with Crippen molar-refractivity contribution in [2.75, 3.05) is 11.9 Å². The van der Waals surface area contributed by atoms with E-state index < -0.39 is 10.0 Å². The van der Waals surface area contributed by atoms with Crippen molar-refractivity contribution in [2.45, 2.75) is 69.7 Å². The van der Waals surface area contributed by atoms with E-state index >= 15 is 0 Å². The van der Waals surface area contributed by atoms with Gasteiger partial charge in [-0.15, -0.1) is 0 Å². The molecule has 1 aliphatic heterocycles. The maximum Gasteiger partial charge on any atom is 0.243 e. The number of rotatable bonds is 5. The lowest BCUT2D eigenvalue weighted by Crippen LogP contribution is -2.47. The maximum absolute atomic E-state index is 13.2. The Bertz CT molecular complexity index is 1210. The Hall–Kier alpha value is -2.32. The second-order valence-electron chi connectivity index (χ2n) is 11.1. The maximum atomic E-state index is 13.2. The minimum Gasteiger partial charge on any atom is -0.310 e. The van der Waals surface area contributed by atoms with Crippen LogP contribution in [0.15, 0.2) is 35.5 Å². The molecule has 4 fully saturated rings. The summed E-state index contributed by atoms with van der Waals surface area (Å²) >= 11 is 0. The molecule has 7 rings (SSSR count). The third-order valence-electron chi connectivity index (χ3n) is 8.64. The van der Waals surface area contributed by atoms with Gasteiger partial charge < -0.3 is 5.32 Å². The Labute approximate surface area is 201 Å². The van der Waals surface area contributed by atoms with Crippen LogP contribution in [-0.4, -0.2) is 35.1 Å². The van der Waals surface area contributed by atoms with Gasteiger partial charge in [0.1, 0.15) is 12.1 Å². The van der Waals surface area contributed by atoms with E-state index in [1.807, 2.05) is 19.1 Å². The second-order valence-corrected chi connectivity index (χ2v) is 13.1. The number of hydrogen-bond acceptors (Lipinski definition) is 5. The molecule has 0 atom stereocenters. The van der Waals surface area contributed by atoms with Crippen LogP contribution in [0.5, 0.6) is 0 Å². The highest BCUT2D eigenvalue weighted by Gasteiger charge is 2.51. The fourth-order valence-corrected chi connectivity index (χ4v) is 9.28. The normalized spacial score (nSPS) is 30.2. The number of hydrogen-bond donors (Lipinski definition) is 1. The molecule has 180 valence electrons. The number of nitrogens with one attached hydrogen (secondary N) is 1. The first-order valence-corrected chi connectivity index (χ1v) is 13.9.